The lowest BCUT2D eigenvalue weighted by Gasteiger charge is -2.28. The van der Waals surface area contributed by atoms with Gasteiger partial charge in [0, 0.05) is 57.1 Å². The number of ether oxygens (including phenoxy) is 1. The molecule has 156 valence electrons. The highest BCUT2D eigenvalue weighted by atomic mass is 32.1. The molecule has 5 nitrogen and oxygen atoms in total. The Bertz CT molecular complexity index is 791. The van der Waals surface area contributed by atoms with Gasteiger partial charge in [0.15, 0.2) is 5.96 Å². The largest absolute Gasteiger partial charge is 0.376 e. The fourth-order valence-electron chi connectivity index (χ4n) is 4.23. The van der Waals surface area contributed by atoms with Crippen molar-refractivity contribution in [2.24, 2.45) is 10.9 Å². The van der Waals surface area contributed by atoms with Crippen LogP contribution >= 0.6 is 11.3 Å². The van der Waals surface area contributed by atoms with E-state index in [4.69, 9.17) is 4.74 Å². The van der Waals surface area contributed by atoms with Crippen molar-refractivity contribution in [1.82, 2.24) is 15.1 Å². The highest BCUT2D eigenvalue weighted by Crippen LogP contribution is 2.23. The lowest BCUT2D eigenvalue weighted by atomic mass is 10.1. The number of aliphatic imine (C=N–C) groups is 1. The number of benzene rings is 1. The van der Waals surface area contributed by atoms with Crippen LogP contribution in [0.5, 0.6) is 0 Å². The molecule has 1 N–H and O–H groups in total. The lowest BCUT2D eigenvalue weighted by molar-refractivity contribution is 0.0906. The molecule has 0 bridgehead atoms. The van der Waals surface area contributed by atoms with Crippen molar-refractivity contribution in [2.45, 2.75) is 26.0 Å². The van der Waals surface area contributed by atoms with Crippen LogP contribution in [0.25, 0.3) is 0 Å². The Morgan fingerprint density at radius 3 is 3.00 bits per heavy atom. The number of rotatable bonds is 7. The van der Waals surface area contributed by atoms with E-state index in [9.17, 15) is 0 Å². The molecule has 1 atom stereocenters. The van der Waals surface area contributed by atoms with Crippen LogP contribution in [0.4, 0.5) is 0 Å². The second kappa shape index (κ2) is 10.2. The van der Waals surface area contributed by atoms with Crippen molar-refractivity contribution in [3.63, 3.8) is 0 Å². The summed E-state index contributed by atoms with van der Waals surface area (Å²) in [4.78, 5) is 11.0. The van der Waals surface area contributed by atoms with Gasteiger partial charge in [-0.25, -0.2) is 0 Å². The summed E-state index contributed by atoms with van der Waals surface area (Å²) in [5, 5.41) is 5.80. The third kappa shape index (κ3) is 5.59. The van der Waals surface area contributed by atoms with Crippen LogP contribution in [-0.2, 0) is 24.3 Å². The van der Waals surface area contributed by atoms with Crippen LogP contribution < -0.4 is 5.32 Å². The van der Waals surface area contributed by atoms with E-state index in [1.165, 1.54) is 30.5 Å². The van der Waals surface area contributed by atoms with Crippen molar-refractivity contribution >= 4 is 17.3 Å². The van der Waals surface area contributed by atoms with Gasteiger partial charge in [0.05, 0.1) is 13.2 Å². The van der Waals surface area contributed by atoms with Gasteiger partial charge >= 0.3 is 0 Å². The highest BCUT2D eigenvalue weighted by molar-refractivity contribution is 7.10. The van der Waals surface area contributed by atoms with E-state index in [0.29, 0.717) is 12.5 Å². The molecule has 4 rings (SSSR count). The van der Waals surface area contributed by atoms with Crippen LogP contribution in [0.1, 0.15) is 22.4 Å². The number of guanidine groups is 1. The van der Waals surface area contributed by atoms with E-state index in [-0.39, 0.29) is 0 Å². The molecule has 2 aliphatic heterocycles. The van der Waals surface area contributed by atoms with Crippen molar-refractivity contribution < 1.29 is 4.74 Å². The minimum absolute atomic E-state index is 0.580. The summed E-state index contributed by atoms with van der Waals surface area (Å²) in [5.41, 5.74) is 2.76. The molecule has 1 unspecified atom stereocenters. The minimum atomic E-state index is 0.580. The van der Waals surface area contributed by atoms with Gasteiger partial charge < -0.3 is 15.0 Å². The molecule has 1 aromatic carbocycles. The van der Waals surface area contributed by atoms with E-state index < -0.39 is 0 Å². The monoisotopic (exact) mass is 412 g/mol. The van der Waals surface area contributed by atoms with Gasteiger partial charge in [-0.3, -0.25) is 9.89 Å². The molecule has 2 aliphatic rings. The molecule has 1 fully saturated rings. The highest BCUT2D eigenvalue weighted by Gasteiger charge is 2.25. The van der Waals surface area contributed by atoms with E-state index in [2.05, 4.69) is 55.8 Å². The van der Waals surface area contributed by atoms with Crippen LogP contribution in [-0.4, -0.2) is 62.1 Å². The smallest absolute Gasteiger partial charge is 0.193 e. The van der Waals surface area contributed by atoms with Gasteiger partial charge in [-0.05, 0) is 35.4 Å². The van der Waals surface area contributed by atoms with E-state index >= 15 is 0 Å². The number of likely N-dealkylation sites (tertiary alicyclic amines) is 1. The molecule has 1 saturated heterocycles. The second-order valence-electron chi connectivity index (χ2n) is 7.97. The first-order chi connectivity index (χ1) is 14.3. The van der Waals surface area contributed by atoms with Crippen molar-refractivity contribution in [1.29, 1.82) is 0 Å². The number of thiophene rings is 1. The summed E-state index contributed by atoms with van der Waals surface area (Å²) in [6.07, 6.45) is 2.36. The molecule has 3 heterocycles. The molecule has 1 aromatic heterocycles. The summed E-state index contributed by atoms with van der Waals surface area (Å²) in [5.74, 6) is 1.61. The molecule has 0 amide bonds. The molecule has 2 aromatic rings. The van der Waals surface area contributed by atoms with Gasteiger partial charge in [0.1, 0.15) is 0 Å². The first-order valence-corrected chi connectivity index (χ1v) is 11.5. The van der Waals surface area contributed by atoms with Gasteiger partial charge in [0.2, 0.25) is 0 Å². The normalized spacial score (nSPS) is 20.1. The summed E-state index contributed by atoms with van der Waals surface area (Å²) >= 11 is 1.90. The predicted octanol–water partition coefficient (Wildman–Crippen LogP) is 3.22. The predicted molar refractivity (Wildman–Crippen MR) is 120 cm³/mol. The molecule has 0 saturated carbocycles. The van der Waals surface area contributed by atoms with Gasteiger partial charge in [-0.15, -0.1) is 11.3 Å². The Balaban J connectivity index is 1.15. The molecule has 0 aliphatic carbocycles. The number of fused-ring (bicyclic) bond motifs is 1. The Hall–Kier alpha value is -1.89. The molecular formula is C23H32N4OS. The first kappa shape index (κ1) is 20.4. The second-order valence-corrected chi connectivity index (χ2v) is 8.97. The molecular weight excluding hydrogens is 380 g/mol. The standard InChI is InChI=1S/C23H32N4OS/c1-24-23(25-10-13-26-11-8-22-21(16-26)9-14-29-22)27-12-7-20(15-27)18-28-17-19-5-3-2-4-6-19/h2-6,9,14,20H,7-8,10-13,15-18H2,1H3,(H,24,25). The summed E-state index contributed by atoms with van der Waals surface area (Å²) < 4.78 is 5.96. The topological polar surface area (TPSA) is 40.1 Å². The molecule has 0 radical (unpaired) electrons. The SMILES string of the molecule is CN=C(NCCN1CCc2sccc2C1)N1CCC(COCc2ccccc2)C1. The third-order valence-electron chi connectivity index (χ3n) is 5.86. The number of nitrogens with one attached hydrogen (secondary N) is 1. The van der Waals surface area contributed by atoms with Gasteiger partial charge in [0.25, 0.3) is 0 Å². The van der Waals surface area contributed by atoms with Crippen molar-refractivity contribution in [3.8, 4) is 0 Å². The number of nitrogens with zero attached hydrogens (tertiary/aromatic N) is 3. The van der Waals surface area contributed by atoms with Crippen molar-refractivity contribution in [3.05, 3.63) is 57.8 Å². The van der Waals surface area contributed by atoms with Crippen LogP contribution in [0, 0.1) is 5.92 Å². The third-order valence-corrected chi connectivity index (χ3v) is 6.88. The molecule has 6 heteroatoms. The van der Waals surface area contributed by atoms with E-state index in [1.54, 1.807) is 4.88 Å². The van der Waals surface area contributed by atoms with Gasteiger partial charge in [-0.1, -0.05) is 30.3 Å². The van der Waals surface area contributed by atoms with Gasteiger partial charge in [-0.2, -0.15) is 0 Å². The zero-order valence-electron chi connectivity index (χ0n) is 17.3. The fraction of sp³-hybridized carbons (Fsp3) is 0.522. The average molecular weight is 413 g/mol. The van der Waals surface area contributed by atoms with Crippen molar-refractivity contribution in [2.75, 3.05) is 46.4 Å². The molecule has 29 heavy (non-hydrogen) atoms. The number of hydrogen-bond donors (Lipinski definition) is 1. The fourth-order valence-corrected chi connectivity index (χ4v) is 5.12. The number of hydrogen-bond acceptors (Lipinski definition) is 4. The quantitative estimate of drug-likeness (QED) is 0.560. The Kier molecular flexibility index (Phi) is 7.19. The van der Waals surface area contributed by atoms with Crippen LogP contribution in [0.15, 0.2) is 46.8 Å². The maximum absolute atomic E-state index is 5.96. The first-order valence-electron chi connectivity index (χ1n) is 10.7. The van der Waals surface area contributed by atoms with Crippen LogP contribution in [0.2, 0.25) is 0 Å². The van der Waals surface area contributed by atoms with E-state index in [1.807, 2.05) is 24.5 Å². The maximum atomic E-state index is 5.96. The van der Waals surface area contributed by atoms with Crippen LogP contribution in [0.3, 0.4) is 0 Å². The zero-order chi connectivity index (χ0) is 19.9. The summed E-state index contributed by atoms with van der Waals surface area (Å²) in [6.45, 7) is 7.86. The maximum Gasteiger partial charge on any atom is 0.193 e. The Labute approximate surface area is 178 Å². The average Bonchev–Trinajstić information content (AvgIpc) is 3.41. The Morgan fingerprint density at radius 1 is 1.24 bits per heavy atom. The minimum Gasteiger partial charge on any atom is -0.376 e. The zero-order valence-corrected chi connectivity index (χ0v) is 18.2. The Morgan fingerprint density at radius 2 is 2.14 bits per heavy atom. The summed E-state index contributed by atoms with van der Waals surface area (Å²) in [6, 6.07) is 12.7. The lowest BCUT2D eigenvalue weighted by Crippen LogP contribution is -2.44. The van der Waals surface area contributed by atoms with E-state index in [0.717, 1.165) is 45.3 Å². The summed E-state index contributed by atoms with van der Waals surface area (Å²) in [7, 11) is 1.89. The molecule has 0 spiro atoms.